The van der Waals surface area contributed by atoms with Crippen LogP contribution in [0.5, 0.6) is 0 Å². The Kier molecular flexibility index (Phi) is 6.93. The number of hydrogen-bond donors (Lipinski definition) is 0. The third-order valence-corrected chi connectivity index (χ3v) is 2.28. The number of rotatable bonds is 6. The first-order valence-electron chi connectivity index (χ1n) is 5.12. The zero-order valence-corrected chi connectivity index (χ0v) is 9.06. The molecule has 0 fully saturated rings. The Bertz CT molecular complexity index is 127. The van der Waals surface area contributed by atoms with Crippen molar-refractivity contribution in [3.05, 3.63) is 11.8 Å². The summed E-state index contributed by atoms with van der Waals surface area (Å²) >= 11 is 0. The van der Waals surface area contributed by atoms with E-state index in [0.29, 0.717) is 0 Å². The van der Waals surface area contributed by atoms with Gasteiger partial charge in [0.25, 0.3) is 0 Å². The summed E-state index contributed by atoms with van der Waals surface area (Å²) in [5.41, 5.74) is 1.46. The van der Waals surface area contributed by atoms with Crippen molar-refractivity contribution in [2.75, 3.05) is 13.6 Å². The molecule has 0 spiro atoms. The van der Waals surface area contributed by atoms with Gasteiger partial charge in [0, 0.05) is 19.3 Å². The minimum Gasteiger partial charge on any atom is -0.378 e. The van der Waals surface area contributed by atoms with Crippen LogP contribution in [-0.2, 0) is 0 Å². The summed E-state index contributed by atoms with van der Waals surface area (Å²) in [4.78, 5) is 2.37. The van der Waals surface area contributed by atoms with Crippen LogP contribution in [0.15, 0.2) is 11.8 Å². The van der Waals surface area contributed by atoms with Gasteiger partial charge < -0.3 is 4.90 Å². The molecule has 0 amide bonds. The van der Waals surface area contributed by atoms with E-state index < -0.39 is 0 Å². The number of unbranched alkanes of at least 4 members (excludes halogenated alkanes) is 2. The molecule has 0 heterocycles. The first-order valence-corrected chi connectivity index (χ1v) is 5.12. The quantitative estimate of drug-likeness (QED) is 0.551. The van der Waals surface area contributed by atoms with Crippen LogP contribution in [0.1, 0.15) is 46.5 Å². The highest BCUT2D eigenvalue weighted by molar-refractivity contribution is 4.97. The first-order chi connectivity index (χ1) is 5.76. The monoisotopic (exact) mass is 169 g/mol. The van der Waals surface area contributed by atoms with Gasteiger partial charge in [-0.25, -0.2) is 0 Å². The van der Waals surface area contributed by atoms with Gasteiger partial charge in [-0.2, -0.15) is 0 Å². The molecule has 0 aliphatic heterocycles. The van der Waals surface area contributed by atoms with E-state index in [-0.39, 0.29) is 0 Å². The van der Waals surface area contributed by atoms with Crippen LogP contribution in [0.3, 0.4) is 0 Å². The first kappa shape index (κ1) is 11.5. The lowest BCUT2D eigenvalue weighted by molar-refractivity contribution is 0.390. The molecule has 0 aliphatic rings. The van der Waals surface area contributed by atoms with Crippen molar-refractivity contribution >= 4 is 0 Å². The zero-order valence-electron chi connectivity index (χ0n) is 9.06. The average Bonchev–Trinajstić information content (AvgIpc) is 2.07. The van der Waals surface area contributed by atoms with Crippen molar-refractivity contribution in [3.63, 3.8) is 0 Å². The smallest absolute Gasteiger partial charge is 0.0171 e. The lowest BCUT2D eigenvalue weighted by atomic mass is 10.2. The molecule has 0 bridgehead atoms. The summed E-state index contributed by atoms with van der Waals surface area (Å²) in [7, 11) is 2.19. The lowest BCUT2D eigenvalue weighted by Crippen LogP contribution is -2.18. The third-order valence-electron chi connectivity index (χ3n) is 2.28. The molecule has 1 heteroatoms. The lowest BCUT2D eigenvalue weighted by Gasteiger charge is -2.21. The van der Waals surface area contributed by atoms with Crippen molar-refractivity contribution in [1.82, 2.24) is 4.90 Å². The van der Waals surface area contributed by atoms with Gasteiger partial charge in [0.1, 0.15) is 0 Å². The molecule has 0 rings (SSSR count). The van der Waals surface area contributed by atoms with Crippen LogP contribution in [-0.4, -0.2) is 18.5 Å². The van der Waals surface area contributed by atoms with Gasteiger partial charge in [0.2, 0.25) is 0 Å². The number of hydrogen-bond acceptors (Lipinski definition) is 1. The van der Waals surface area contributed by atoms with Crippen LogP contribution >= 0.6 is 0 Å². The van der Waals surface area contributed by atoms with Crippen molar-refractivity contribution in [2.24, 2.45) is 0 Å². The maximum atomic E-state index is 2.37. The maximum Gasteiger partial charge on any atom is 0.0171 e. The molecular formula is C11H23N. The van der Waals surface area contributed by atoms with Crippen LogP contribution in [0.25, 0.3) is 0 Å². The van der Waals surface area contributed by atoms with Crippen LogP contribution in [0.4, 0.5) is 0 Å². The molecular weight excluding hydrogens is 146 g/mol. The van der Waals surface area contributed by atoms with E-state index >= 15 is 0 Å². The Hall–Kier alpha value is -0.460. The number of nitrogens with zero attached hydrogens (tertiary/aromatic N) is 1. The Morgan fingerprint density at radius 2 is 1.92 bits per heavy atom. The summed E-state index contributed by atoms with van der Waals surface area (Å²) in [5, 5.41) is 0. The van der Waals surface area contributed by atoms with Crippen LogP contribution in [0, 0.1) is 0 Å². The van der Waals surface area contributed by atoms with E-state index in [0.717, 1.165) is 6.42 Å². The largest absolute Gasteiger partial charge is 0.378 e. The van der Waals surface area contributed by atoms with Gasteiger partial charge >= 0.3 is 0 Å². The van der Waals surface area contributed by atoms with Crippen molar-refractivity contribution < 1.29 is 0 Å². The second-order valence-corrected chi connectivity index (χ2v) is 3.26. The highest BCUT2D eigenvalue weighted by atomic mass is 15.1. The second kappa shape index (κ2) is 7.20. The molecule has 1 nitrogen and oxygen atoms in total. The fraction of sp³-hybridized carbons (Fsp3) is 0.818. The summed E-state index contributed by atoms with van der Waals surface area (Å²) in [6, 6.07) is 0. The molecule has 0 unspecified atom stereocenters. The van der Waals surface area contributed by atoms with E-state index in [9.17, 15) is 0 Å². The van der Waals surface area contributed by atoms with Crippen molar-refractivity contribution in [1.29, 1.82) is 0 Å². The molecule has 12 heavy (non-hydrogen) atoms. The predicted molar refractivity (Wildman–Crippen MR) is 56.2 cm³/mol. The Morgan fingerprint density at radius 3 is 2.33 bits per heavy atom. The van der Waals surface area contributed by atoms with Gasteiger partial charge in [0.05, 0.1) is 0 Å². The van der Waals surface area contributed by atoms with Gasteiger partial charge in [0.15, 0.2) is 0 Å². The molecule has 0 saturated heterocycles. The Balaban J connectivity index is 3.62. The predicted octanol–water partition coefficient (Wildman–Crippen LogP) is 3.42. The van der Waals surface area contributed by atoms with Gasteiger partial charge in [-0.3, -0.25) is 0 Å². The van der Waals surface area contributed by atoms with E-state index in [1.807, 2.05) is 0 Å². The molecule has 0 saturated carbocycles. The highest BCUT2D eigenvalue weighted by Gasteiger charge is 1.99. The Labute approximate surface area is 77.5 Å². The molecule has 0 aromatic rings. The summed E-state index contributed by atoms with van der Waals surface area (Å²) in [6.07, 6.45) is 7.35. The van der Waals surface area contributed by atoms with Crippen LogP contribution < -0.4 is 0 Å². The normalized spacial score (nSPS) is 11.8. The molecule has 0 aliphatic carbocycles. The molecule has 0 aromatic carbocycles. The standard InChI is InChI=1S/C11H23N/c1-5-8-9-10-12(4)11(6-2)7-3/h6H,5,7-10H2,1-4H3/b11-6+. The Morgan fingerprint density at radius 1 is 1.25 bits per heavy atom. The van der Waals surface area contributed by atoms with E-state index in [1.165, 1.54) is 31.5 Å². The fourth-order valence-corrected chi connectivity index (χ4v) is 1.44. The third kappa shape index (κ3) is 4.42. The topological polar surface area (TPSA) is 3.24 Å². The molecule has 0 radical (unpaired) electrons. The van der Waals surface area contributed by atoms with Gasteiger partial charge in [-0.1, -0.05) is 32.8 Å². The van der Waals surface area contributed by atoms with E-state index in [4.69, 9.17) is 0 Å². The molecule has 72 valence electrons. The summed E-state index contributed by atoms with van der Waals surface area (Å²) in [6.45, 7) is 7.79. The highest BCUT2D eigenvalue weighted by Crippen LogP contribution is 2.07. The van der Waals surface area contributed by atoms with Gasteiger partial charge in [-0.15, -0.1) is 0 Å². The molecule has 0 aromatic heterocycles. The van der Waals surface area contributed by atoms with Crippen LogP contribution in [0.2, 0.25) is 0 Å². The minimum atomic E-state index is 1.15. The van der Waals surface area contributed by atoms with Gasteiger partial charge in [-0.05, 0) is 19.8 Å². The van der Waals surface area contributed by atoms with Crippen molar-refractivity contribution in [2.45, 2.75) is 46.5 Å². The van der Waals surface area contributed by atoms with Crippen molar-refractivity contribution in [3.8, 4) is 0 Å². The maximum absolute atomic E-state index is 2.37. The zero-order chi connectivity index (χ0) is 9.40. The molecule has 0 N–H and O–H groups in total. The number of allylic oxidation sites excluding steroid dienone is 2. The molecule has 0 atom stereocenters. The summed E-state index contributed by atoms with van der Waals surface area (Å²) in [5.74, 6) is 0. The minimum absolute atomic E-state index is 1.15. The second-order valence-electron chi connectivity index (χ2n) is 3.26. The average molecular weight is 169 g/mol. The van der Waals surface area contributed by atoms with E-state index in [2.05, 4.69) is 38.8 Å². The fourth-order valence-electron chi connectivity index (χ4n) is 1.44. The SMILES string of the molecule is C/C=C(\CC)N(C)CCCCC. The summed E-state index contributed by atoms with van der Waals surface area (Å²) < 4.78 is 0. The van der Waals surface area contributed by atoms with E-state index in [1.54, 1.807) is 0 Å².